The van der Waals surface area contributed by atoms with Crippen LogP contribution in [0, 0.1) is 18.2 Å². The van der Waals surface area contributed by atoms with Crippen LogP contribution in [-0.2, 0) is 4.79 Å². The van der Waals surface area contributed by atoms with Crippen LogP contribution in [0.15, 0.2) is 18.2 Å². The van der Waals surface area contributed by atoms with Crippen LogP contribution >= 0.6 is 0 Å². The maximum Gasteiger partial charge on any atom is 0.309 e. The summed E-state index contributed by atoms with van der Waals surface area (Å²) in [4.78, 5) is 10.9. The first kappa shape index (κ1) is 10.1. The first-order valence-corrected chi connectivity index (χ1v) is 4.94. The molecular formula is C12H13FO2. The molecule has 1 aromatic carbocycles. The Labute approximate surface area is 87.7 Å². The number of carboxylic acid groups (broad SMARTS) is 1. The summed E-state index contributed by atoms with van der Waals surface area (Å²) in [6.07, 6.45) is 0.646. The molecule has 0 amide bonds. The van der Waals surface area contributed by atoms with Gasteiger partial charge in [-0.25, -0.2) is 4.39 Å². The standard InChI is InChI=1S/C12H13FO2/c1-7-5-8(3-4-10(7)13)9-6-12(9,2)11(14)15/h3-5,9H,6H2,1-2H3,(H,14,15). The summed E-state index contributed by atoms with van der Waals surface area (Å²) in [5.41, 5.74) is 0.857. The number of carboxylic acids is 1. The maximum atomic E-state index is 13.0. The van der Waals surface area contributed by atoms with E-state index in [0.29, 0.717) is 12.0 Å². The minimum atomic E-state index is -0.769. The van der Waals surface area contributed by atoms with E-state index >= 15 is 0 Å². The molecule has 0 spiro atoms. The predicted molar refractivity (Wildman–Crippen MR) is 54.2 cm³/mol. The summed E-state index contributed by atoms with van der Waals surface area (Å²) in [5.74, 6) is -0.972. The van der Waals surface area contributed by atoms with Crippen molar-refractivity contribution in [2.45, 2.75) is 26.2 Å². The highest BCUT2D eigenvalue weighted by Gasteiger charge is 2.57. The maximum absolute atomic E-state index is 13.0. The average Bonchev–Trinajstić information content (AvgIpc) is 2.85. The third-order valence-electron chi connectivity index (χ3n) is 3.31. The lowest BCUT2D eigenvalue weighted by molar-refractivity contribution is -0.142. The smallest absolute Gasteiger partial charge is 0.309 e. The van der Waals surface area contributed by atoms with Gasteiger partial charge in [-0.3, -0.25) is 4.79 Å². The SMILES string of the molecule is Cc1cc(C2CC2(C)C(=O)O)ccc1F. The molecule has 2 atom stereocenters. The van der Waals surface area contributed by atoms with Crippen LogP contribution in [0.1, 0.15) is 30.4 Å². The third kappa shape index (κ3) is 1.52. The molecule has 80 valence electrons. The molecule has 2 unspecified atom stereocenters. The van der Waals surface area contributed by atoms with Crippen LogP contribution in [0.3, 0.4) is 0 Å². The van der Waals surface area contributed by atoms with Gasteiger partial charge in [0.15, 0.2) is 0 Å². The minimum Gasteiger partial charge on any atom is -0.481 e. The van der Waals surface area contributed by atoms with Crippen molar-refractivity contribution in [3.05, 3.63) is 35.1 Å². The van der Waals surface area contributed by atoms with Crippen molar-refractivity contribution in [1.29, 1.82) is 0 Å². The van der Waals surface area contributed by atoms with Gasteiger partial charge >= 0.3 is 5.97 Å². The summed E-state index contributed by atoms with van der Waals surface area (Å²) in [6, 6.07) is 4.83. The zero-order valence-corrected chi connectivity index (χ0v) is 8.75. The Bertz CT molecular complexity index is 428. The zero-order chi connectivity index (χ0) is 11.2. The van der Waals surface area contributed by atoms with Crippen LogP contribution in [0.5, 0.6) is 0 Å². The van der Waals surface area contributed by atoms with Crippen molar-refractivity contribution in [3.8, 4) is 0 Å². The van der Waals surface area contributed by atoms with Crippen LogP contribution in [0.4, 0.5) is 4.39 Å². The Morgan fingerprint density at radius 2 is 2.27 bits per heavy atom. The number of carbonyl (C=O) groups is 1. The van der Waals surface area contributed by atoms with E-state index in [1.165, 1.54) is 6.07 Å². The second-order valence-electron chi connectivity index (χ2n) is 4.49. The highest BCUT2D eigenvalue weighted by molar-refractivity contribution is 5.80. The molecule has 0 saturated heterocycles. The molecule has 1 saturated carbocycles. The van der Waals surface area contributed by atoms with Gasteiger partial charge in [-0.15, -0.1) is 0 Å². The van der Waals surface area contributed by atoms with E-state index in [1.54, 1.807) is 26.0 Å². The van der Waals surface area contributed by atoms with Crippen molar-refractivity contribution in [1.82, 2.24) is 0 Å². The molecule has 0 radical (unpaired) electrons. The normalized spacial score (nSPS) is 28.9. The number of aryl methyl sites for hydroxylation is 1. The van der Waals surface area contributed by atoms with Gasteiger partial charge in [0.1, 0.15) is 5.82 Å². The van der Waals surface area contributed by atoms with Crippen LogP contribution in [0.25, 0.3) is 0 Å². The number of hydrogen-bond acceptors (Lipinski definition) is 1. The molecule has 0 aromatic heterocycles. The molecule has 1 aliphatic carbocycles. The summed E-state index contributed by atoms with van der Waals surface area (Å²) in [5, 5.41) is 8.99. The topological polar surface area (TPSA) is 37.3 Å². The van der Waals surface area contributed by atoms with E-state index in [1.807, 2.05) is 0 Å². The average molecular weight is 208 g/mol. The number of hydrogen-bond donors (Lipinski definition) is 1. The van der Waals surface area contributed by atoms with Gasteiger partial charge in [0, 0.05) is 5.92 Å². The van der Waals surface area contributed by atoms with Crippen LogP contribution in [-0.4, -0.2) is 11.1 Å². The van der Waals surface area contributed by atoms with Crippen LogP contribution < -0.4 is 0 Å². The number of halogens is 1. The van der Waals surface area contributed by atoms with Crippen molar-refractivity contribution in [2.24, 2.45) is 5.41 Å². The Morgan fingerprint density at radius 1 is 1.60 bits per heavy atom. The van der Waals surface area contributed by atoms with E-state index in [2.05, 4.69) is 0 Å². The van der Waals surface area contributed by atoms with Gasteiger partial charge in [0.2, 0.25) is 0 Å². The van der Waals surface area contributed by atoms with Crippen molar-refractivity contribution >= 4 is 5.97 Å². The second kappa shape index (κ2) is 3.05. The fraction of sp³-hybridized carbons (Fsp3) is 0.417. The fourth-order valence-electron chi connectivity index (χ4n) is 1.97. The van der Waals surface area contributed by atoms with Gasteiger partial charge in [0.05, 0.1) is 5.41 Å². The number of benzene rings is 1. The van der Waals surface area contributed by atoms with Crippen molar-refractivity contribution in [3.63, 3.8) is 0 Å². The molecule has 1 aliphatic rings. The minimum absolute atomic E-state index is 0.0364. The Morgan fingerprint density at radius 3 is 2.73 bits per heavy atom. The lowest BCUT2D eigenvalue weighted by Crippen LogP contribution is -2.12. The highest BCUT2D eigenvalue weighted by Crippen LogP contribution is 2.59. The van der Waals surface area contributed by atoms with Gasteiger partial charge in [0.25, 0.3) is 0 Å². The monoisotopic (exact) mass is 208 g/mol. The predicted octanol–water partition coefficient (Wildman–Crippen LogP) is 2.71. The fourth-order valence-corrected chi connectivity index (χ4v) is 1.97. The summed E-state index contributed by atoms with van der Waals surface area (Å²) in [6.45, 7) is 3.43. The van der Waals surface area contributed by atoms with E-state index in [9.17, 15) is 9.18 Å². The first-order valence-electron chi connectivity index (χ1n) is 4.94. The molecule has 2 nitrogen and oxygen atoms in total. The Hall–Kier alpha value is -1.38. The molecular weight excluding hydrogens is 195 g/mol. The molecule has 0 bridgehead atoms. The lowest BCUT2D eigenvalue weighted by Gasteiger charge is -2.06. The molecule has 1 N–H and O–H groups in total. The zero-order valence-electron chi connectivity index (χ0n) is 8.75. The third-order valence-corrected chi connectivity index (χ3v) is 3.31. The van der Waals surface area contributed by atoms with Crippen molar-refractivity contribution in [2.75, 3.05) is 0 Å². The molecule has 0 heterocycles. The van der Waals surface area contributed by atoms with E-state index in [4.69, 9.17) is 5.11 Å². The molecule has 15 heavy (non-hydrogen) atoms. The largest absolute Gasteiger partial charge is 0.481 e. The quantitative estimate of drug-likeness (QED) is 0.811. The van der Waals surface area contributed by atoms with E-state index < -0.39 is 11.4 Å². The number of rotatable bonds is 2. The molecule has 3 heteroatoms. The Kier molecular flexibility index (Phi) is 2.07. The Balaban J connectivity index is 2.27. The summed E-state index contributed by atoms with van der Waals surface area (Å²) >= 11 is 0. The molecule has 1 aromatic rings. The van der Waals surface area contributed by atoms with E-state index in [-0.39, 0.29) is 11.7 Å². The van der Waals surface area contributed by atoms with Gasteiger partial charge < -0.3 is 5.11 Å². The van der Waals surface area contributed by atoms with Crippen molar-refractivity contribution < 1.29 is 14.3 Å². The number of aliphatic carboxylic acids is 1. The van der Waals surface area contributed by atoms with Gasteiger partial charge in [-0.2, -0.15) is 0 Å². The van der Waals surface area contributed by atoms with Crippen LogP contribution in [0.2, 0.25) is 0 Å². The van der Waals surface area contributed by atoms with E-state index in [0.717, 1.165) is 5.56 Å². The molecule has 2 rings (SSSR count). The highest BCUT2D eigenvalue weighted by atomic mass is 19.1. The molecule has 0 aliphatic heterocycles. The lowest BCUT2D eigenvalue weighted by atomic mass is 10.00. The summed E-state index contributed by atoms with van der Waals surface area (Å²) in [7, 11) is 0. The van der Waals surface area contributed by atoms with Gasteiger partial charge in [-0.1, -0.05) is 12.1 Å². The summed E-state index contributed by atoms with van der Waals surface area (Å²) < 4.78 is 13.0. The molecule has 1 fully saturated rings. The second-order valence-corrected chi connectivity index (χ2v) is 4.49. The van der Waals surface area contributed by atoms with Gasteiger partial charge in [-0.05, 0) is 37.5 Å². The first-order chi connectivity index (χ1) is 6.95.